The number of nitrogens with zero attached hydrogens (tertiary/aromatic N) is 7. The summed E-state index contributed by atoms with van der Waals surface area (Å²) < 4.78 is 14.4. The van der Waals surface area contributed by atoms with E-state index >= 15 is 0 Å². The van der Waals surface area contributed by atoms with Crippen LogP contribution in [0.25, 0.3) is 11.0 Å². The molecule has 0 aromatic carbocycles. The zero-order valence-corrected chi connectivity index (χ0v) is 17.4. The first kappa shape index (κ1) is 19.5. The monoisotopic (exact) mass is 453 g/mol. The Bertz CT molecular complexity index is 1140. The Morgan fingerprint density at radius 2 is 2.10 bits per heavy atom. The maximum absolute atomic E-state index is 11.6. The molecule has 0 N–H and O–H groups in total. The van der Waals surface area contributed by atoms with Crippen molar-refractivity contribution < 1.29 is 14.4 Å². The van der Waals surface area contributed by atoms with E-state index in [4.69, 9.17) is 32.7 Å². The number of hydrogen-bond donors (Lipinski definition) is 0. The van der Waals surface area contributed by atoms with Crippen LogP contribution >= 0.6 is 23.2 Å². The molecule has 2 unspecified atom stereocenters. The minimum absolute atomic E-state index is 0.0390. The van der Waals surface area contributed by atoms with Gasteiger partial charge in [0.2, 0.25) is 5.28 Å². The summed E-state index contributed by atoms with van der Waals surface area (Å²) in [5.74, 6) is 0.794. The highest BCUT2D eigenvalue weighted by Crippen LogP contribution is 2.55. The van der Waals surface area contributed by atoms with Gasteiger partial charge in [-0.25, -0.2) is 9.67 Å². The summed E-state index contributed by atoms with van der Waals surface area (Å²) in [6.07, 6.45) is 2.03. The van der Waals surface area contributed by atoms with Gasteiger partial charge in [0.1, 0.15) is 5.69 Å². The zero-order valence-electron chi connectivity index (χ0n) is 15.9. The van der Waals surface area contributed by atoms with Crippen molar-refractivity contribution in [1.82, 2.24) is 29.5 Å². The van der Waals surface area contributed by atoms with E-state index in [-0.39, 0.29) is 34.7 Å². The van der Waals surface area contributed by atoms with Gasteiger partial charge in [-0.1, -0.05) is 11.6 Å². The number of fused-ring (bicyclic) bond motifs is 2. The highest BCUT2D eigenvalue weighted by molar-refractivity contribution is 6.34. The first-order valence-electron chi connectivity index (χ1n) is 9.44. The lowest BCUT2D eigenvalue weighted by atomic mass is 10.3. The van der Waals surface area contributed by atoms with Crippen molar-refractivity contribution in [3.8, 4) is 5.88 Å². The highest BCUT2D eigenvalue weighted by Gasteiger charge is 2.57. The van der Waals surface area contributed by atoms with Crippen LogP contribution in [0, 0.1) is 28.9 Å². The molecule has 0 amide bonds. The number of halogens is 2. The average molecular weight is 454 g/mol. The van der Waals surface area contributed by atoms with Crippen LogP contribution in [-0.4, -0.2) is 54.3 Å². The smallest absolute Gasteiger partial charge is 0.352 e. The Hall–Kier alpha value is -2.50. The molecule has 2 atom stereocenters. The number of rotatable bonds is 7. The van der Waals surface area contributed by atoms with E-state index in [1.807, 2.05) is 0 Å². The maximum Gasteiger partial charge on any atom is 0.352 e. The summed E-state index contributed by atoms with van der Waals surface area (Å²) in [5, 5.41) is 21.2. The normalized spacial score (nSPS) is 22.4. The number of nitro groups is 1. The van der Waals surface area contributed by atoms with Gasteiger partial charge in [0, 0.05) is 31.0 Å². The van der Waals surface area contributed by atoms with Gasteiger partial charge in [-0.05, 0) is 18.5 Å². The molecule has 4 heterocycles. The molecule has 30 heavy (non-hydrogen) atoms. The van der Waals surface area contributed by atoms with Crippen molar-refractivity contribution in [2.45, 2.75) is 25.9 Å². The van der Waals surface area contributed by atoms with Gasteiger partial charge in [0.25, 0.3) is 0 Å². The fourth-order valence-corrected chi connectivity index (χ4v) is 4.45. The van der Waals surface area contributed by atoms with Crippen molar-refractivity contribution in [3.05, 3.63) is 32.4 Å². The Kier molecular flexibility index (Phi) is 4.75. The topological polar surface area (TPSA) is 123 Å². The zero-order chi connectivity index (χ0) is 21.0. The van der Waals surface area contributed by atoms with E-state index in [1.54, 1.807) is 16.3 Å². The molecule has 2 aliphatic rings. The van der Waals surface area contributed by atoms with Gasteiger partial charge in [-0.2, -0.15) is 10.1 Å². The molecule has 1 aliphatic carbocycles. The van der Waals surface area contributed by atoms with E-state index in [1.165, 1.54) is 6.20 Å². The molecule has 2 fully saturated rings. The second-order valence-corrected chi connectivity index (χ2v) is 8.08. The van der Waals surface area contributed by atoms with Crippen LogP contribution in [0.2, 0.25) is 10.4 Å². The van der Waals surface area contributed by atoms with E-state index in [9.17, 15) is 10.1 Å². The summed E-state index contributed by atoms with van der Waals surface area (Å²) >= 11 is 12.0. The molecule has 11 nitrogen and oxygen atoms in total. The molecule has 0 bridgehead atoms. The Balaban J connectivity index is 1.28. The minimum Gasteiger partial charge on any atom is -0.472 e. The minimum atomic E-state index is -0.442. The first-order valence-corrected chi connectivity index (χ1v) is 10.2. The van der Waals surface area contributed by atoms with Gasteiger partial charge >= 0.3 is 11.6 Å². The Morgan fingerprint density at radius 1 is 1.33 bits per heavy atom. The molecule has 5 rings (SSSR count). The molecule has 0 spiro atoms. The maximum atomic E-state index is 11.6. The number of hydrogen-bond acceptors (Lipinski definition) is 8. The molecule has 13 heteroatoms. The van der Waals surface area contributed by atoms with Gasteiger partial charge in [-0.15, -0.1) is 5.10 Å². The molecule has 1 saturated heterocycles. The van der Waals surface area contributed by atoms with Crippen LogP contribution in [0.4, 0.5) is 5.69 Å². The predicted molar refractivity (Wildman–Crippen MR) is 106 cm³/mol. The fraction of sp³-hybridized carbons (Fsp3) is 0.529. The fourth-order valence-electron chi connectivity index (χ4n) is 4.09. The quantitative estimate of drug-likeness (QED) is 0.231. The molecule has 158 valence electrons. The lowest BCUT2D eigenvalue weighted by Gasteiger charge is -2.06. The van der Waals surface area contributed by atoms with Crippen LogP contribution in [0.15, 0.2) is 6.20 Å². The van der Waals surface area contributed by atoms with E-state index in [2.05, 4.69) is 20.2 Å². The third-order valence-corrected chi connectivity index (χ3v) is 6.09. The van der Waals surface area contributed by atoms with Crippen molar-refractivity contribution >= 4 is 39.9 Å². The van der Waals surface area contributed by atoms with Crippen molar-refractivity contribution in [2.75, 3.05) is 19.8 Å². The molecule has 1 aliphatic heterocycles. The molecular formula is C17H17Cl2N7O4. The number of aryl methyl sites for hydroxylation is 1. The van der Waals surface area contributed by atoms with E-state index in [0.29, 0.717) is 54.7 Å². The largest absolute Gasteiger partial charge is 0.472 e. The van der Waals surface area contributed by atoms with Crippen molar-refractivity contribution in [1.29, 1.82) is 0 Å². The Labute approximate surface area is 180 Å². The second kappa shape index (κ2) is 7.33. The summed E-state index contributed by atoms with van der Waals surface area (Å²) in [4.78, 5) is 19.2. The van der Waals surface area contributed by atoms with E-state index in [0.717, 1.165) is 0 Å². The summed E-state index contributed by atoms with van der Waals surface area (Å²) in [7, 11) is 0. The molecule has 0 radical (unpaired) electrons. The lowest BCUT2D eigenvalue weighted by molar-refractivity contribution is -0.386. The Morgan fingerprint density at radius 3 is 2.83 bits per heavy atom. The summed E-state index contributed by atoms with van der Waals surface area (Å²) in [6, 6.07) is 0.150. The second-order valence-electron chi connectivity index (χ2n) is 7.39. The van der Waals surface area contributed by atoms with Crippen molar-refractivity contribution in [3.63, 3.8) is 0 Å². The molecule has 3 aromatic heterocycles. The van der Waals surface area contributed by atoms with Gasteiger partial charge in [0.05, 0.1) is 36.2 Å². The van der Waals surface area contributed by atoms with Crippen LogP contribution in [0.5, 0.6) is 5.88 Å². The van der Waals surface area contributed by atoms with E-state index < -0.39 is 4.92 Å². The molecular weight excluding hydrogens is 437 g/mol. The standard InChI is InChI=1S/C17H17Cl2N7O4/c1-8-12(26(27)28)16(23-25(8)13-10-6-29-7-11(10)13)30-4-2-3-24-15-9(14(18)22-24)5-20-17(19)21-15/h5,10-11,13H,2-4,6-7H2,1H3. The lowest BCUT2D eigenvalue weighted by Crippen LogP contribution is -2.09. The molecule has 1 saturated carbocycles. The predicted octanol–water partition coefficient (Wildman–Crippen LogP) is 2.83. The first-order chi connectivity index (χ1) is 14.5. The number of ether oxygens (including phenoxy) is 2. The van der Waals surface area contributed by atoms with Crippen molar-refractivity contribution in [2.24, 2.45) is 11.8 Å². The highest BCUT2D eigenvalue weighted by atomic mass is 35.5. The van der Waals surface area contributed by atoms with Crippen LogP contribution in [0.1, 0.15) is 18.2 Å². The van der Waals surface area contributed by atoms with Gasteiger partial charge in [0.15, 0.2) is 10.8 Å². The van der Waals surface area contributed by atoms with Gasteiger partial charge < -0.3 is 9.47 Å². The van der Waals surface area contributed by atoms with Crippen LogP contribution in [-0.2, 0) is 11.3 Å². The average Bonchev–Trinajstić information content (AvgIpc) is 3.02. The summed E-state index contributed by atoms with van der Waals surface area (Å²) in [6.45, 7) is 3.71. The van der Waals surface area contributed by atoms with Crippen LogP contribution < -0.4 is 4.74 Å². The summed E-state index contributed by atoms with van der Waals surface area (Å²) in [5.41, 5.74) is 0.937. The third-order valence-electron chi connectivity index (χ3n) is 5.63. The third kappa shape index (κ3) is 3.17. The molecule has 3 aromatic rings. The van der Waals surface area contributed by atoms with Gasteiger partial charge in [-0.3, -0.25) is 14.8 Å². The van der Waals surface area contributed by atoms with Crippen LogP contribution in [0.3, 0.4) is 0 Å². The SMILES string of the molecule is Cc1c([N+](=O)[O-])c(OCCCn2nc(Cl)c3cnc(Cl)nc32)nn1C1C2COCC21. The number of aromatic nitrogens is 6.